The normalized spacial score (nSPS) is 10.8. The van der Waals surface area contributed by atoms with Crippen LogP contribution in [0.5, 0.6) is 0 Å². The summed E-state index contributed by atoms with van der Waals surface area (Å²) in [4.78, 5) is 4.49. The lowest BCUT2D eigenvalue weighted by molar-refractivity contribution is 1.10. The maximum absolute atomic E-state index is 6.10. The fourth-order valence-corrected chi connectivity index (χ4v) is 3.92. The van der Waals surface area contributed by atoms with Gasteiger partial charge >= 0.3 is 0 Å². The van der Waals surface area contributed by atoms with Gasteiger partial charge in [0.25, 0.3) is 0 Å². The lowest BCUT2D eigenvalue weighted by Crippen LogP contribution is -1.92. The molecule has 0 aliphatic rings. The molecule has 5 aromatic carbocycles. The van der Waals surface area contributed by atoms with Gasteiger partial charge in [0.05, 0.1) is 11.0 Å². The number of hydrogen-bond donors (Lipinski definition) is 0. The Balaban J connectivity index is 0.000000161. The highest BCUT2D eigenvalue weighted by atomic mass is 35.5. The van der Waals surface area contributed by atoms with Crippen LogP contribution in [0.15, 0.2) is 116 Å². The number of aromatic nitrogens is 2. The molecule has 1 heterocycles. The van der Waals surface area contributed by atoms with E-state index in [0.29, 0.717) is 0 Å². The molecular formula is C27H19ClN2. The molecule has 1 aromatic heterocycles. The lowest BCUT2D eigenvalue weighted by Gasteiger charge is -2.07. The molecule has 0 spiro atoms. The monoisotopic (exact) mass is 406 g/mol. The van der Waals surface area contributed by atoms with E-state index >= 15 is 0 Å². The third-order valence-corrected chi connectivity index (χ3v) is 5.41. The van der Waals surface area contributed by atoms with Crippen LogP contribution in [0.4, 0.5) is 0 Å². The molecule has 0 atom stereocenters. The molecule has 6 rings (SSSR count). The van der Waals surface area contributed by atoms with E-state index in [2.05, 4.69) is 88.4 Å². The molecule has 0 bridgehead atoms. The Morgan fingerprint density at radius 2 is 1.23 bits per heavy atom. The molecule has 2 nitrogen and oxygen atoms in total. The molecule has 0 saturated carbocycles. The van der Waals surface area contributed by atoms with Gasteiger partial charge in [-0.1, -0.05) is 96.5 Å². The van der Waals surface area contributed by atoms with E-state index in [0.717, 1.165) is 21.7 Å². The topological polar surface area (TPSA) is 17.8 Å². The molecule has 0 aliphatic heterocycles. The van der Waals surface area contributed by atoms with Crippen molar-refractivity contribution in [3.05, 3.63) is 121 Å². The lowest BCUT2D eigenvalue weighted by atomic mass is 10.1. The van der Waals surface area contributed by atoms with Crippen LogP contribution in [0, 0.1) is 0 Å². The van der Waals surface area contributed by atoms with E-state index in [1.165, 1.54) is 21.5 Å². The first-order valence-corrected chi connectivity index (χ1v) is 10.2. The minimum Gasteiger partial charge on any atom is -0.298 e. The average molecular weight is 407 g/mol. The van der Waals surface area contributed by atoms with Crippen molar-refractivity contribution in [2.24, 2.45) is 0 Å². The van der Waals surface area contributed by atoms with Crippen molar-refractivity contribution in [1.82, 2.24) is 9.55 Å². The Hall–Kier alpha value is -3.62. The fraction of sp³-hybridized carbons (Fsp3) is 0. The number of nitrogens with zero attached hydrogens (tertiary/aromatic N) is 2. The molecule has 3 heteroatoms. The van der Waals surface area contributed by atoms with Crippen LogP contribution >= 0.6 is 11.6 Å². The van der Waals surface area contributed by atoms with Crippen molar-refractivity contribution >= 4 is 44.2 Å². The van der Waals surface area contributed by atoms with Crippen molar-refractivity contribution < 1.29 is 0 Å². The van der Waals surface area contributed by atoms with Gasteiger partial charge in [0.15, 0.2) is 0 Å². The van der Waals surface area contributed by atoms with Crippen molar-refractivity contribution in [2.45, 2.75) is 0 Å². The Labute approximate surface area is 180 Å². The maximum atomic E-state index is 6.10. The Kier molecular flexibility index (Phi) is 4.92. The quantitative estimate of drug-likeness (QED) is 0.274. The van der Waals surface area contributed by atoms with Gasteiger partial charge in [-0.05, 0) is 40.4 Å². The third kappa shape index (κ3) is 3.54. The molecule has 0 N–H and O–H groups in total. The van der Waals surface area contributed by atoms with E-state index < -0.39 is 0 Å². The summed E-state index contributed by atoms with van der Waals surface area (Å²) in [6.45, 7) is 0. The minimum atomic E-state index is 0.726. The summed E-state index contributed by atoms with van der Waals surface area (Å²) in [6, 6.07) is 37.0. The van der Waals surface area contributed by atoms with Gasteiger partial charge in [-0.2, -0.15) is 0 Å². The summed E-state index contributed by atoms with van der Waals surface area (Å²) in [7, 11) is 0. The largest absolute Gasteiger partial charge is 0.298 e. The van der Waals surface area contributed by atoms with Gasteiger partial charge in [-0.15, -0.1) is 0 Å². The second-order valence-corrected chi connectivity index (χ2v) is 7.53. The number of halogens is 1. The highest BCUT2D eigenvalue weighted by Gasteiger charge is 2.08. The van der Waals surface area contributed by atoms with Crippen molar-refractivity contribution in [3.63, 3.8) is 0 Å². The zero-order valence-electron chi connectivity index (χ0n) is 16.2. The molecule has 0 saturated heterocycles. The summed E-state index contributed by atoms with van der Waals surface area (Å²) in [5.74, 6) is 0. The van der Waals surface area contributed by atoms with Crippen molar-refractivity contribution in [2.75, 3.05) is 0 Å². The van der Waals surface area contributed by atoms with Crippen LogP contribution in [-0.4, -0.2) is 9.55 Å². The summed E-state index contributed by atoms with van der Waals surface area (Å²) >= 11 is 6.10. The van der Waals surface area contributed by atoms with Gasteiger partial charge in [-0.25, -0.2) is 4.98 Å². The number of rotatable bonds is 1. The highest BCUT2D eigenvalue weighted by molar-refractivity contribution is 6.30. The van der Waals surface area contributed by atoms with E-state index in [9.17, 15) is 0 Å². The number of benzene rings is 5. The zero-order chi connectivity index (χ0) is 20.3. The molecule has 30 heavy (non-hydrogen) atoms. The second kappa shape index (κ2) is 8.02. The molecule has 0 fully saturated rings. The summed E-state index contributed by atoms with van der Waals surface area (Å²) in [6.07, 6.45) is 1.85. The first-order chi connectivity index (χ1) is 14.8. The Morgan fingerprint density at radius 3 is 1.90 bits per heavy atom. The summed E-state index contributed by atoms with van der Waals surface area (Å²) < 4.78 is 2.09. The fourth-order valence-electron chi connectivity index (χ4n) is 3.73. The van der Waals surface area contributed by atoms with Crippen LogP contribution in [0.1, 0.15) is 0 Å². The van der Waals surface area contributed by atoms with Crippen LogP contribution in [0.25, 0.3) is 38.3 Å². The molecule has 0 radical (unpaired) electrons. The van der Waals surface area contributed by atoms with Gasteiger partial charge in [0.2, 0.25) is 0 Å². The van der Waals surface area contributed by atoms with Gasteiger partial charge in [-0.3, -0.25) is 4.57 Å². The smallest absolute Gasteiger partial charge is 0.100 e. The third-order valence-electron chi connectivity index (χ3n) is 5.18. The molecular weight excluding hydrogens is 388 g/mol. The second-order valence-electron chi connectivity index (χ2n) is 7.10. The van der Waals surface area contributed by atoms with E-state index in [-0.39, 0.29) is 0 Å². The summed E-state index contributed by atoms with van der Waals surface area (Å²) in [5.41, 5.74) is 3.13. The van der Waals surface area contributed by atoms with Crippen LogP contribution in [0.3, 0.4) is 0 Å². The highest BCUT2D eigenvalue weighted by Crippen LogP contribution is 2.27. The predicted octanol–water partition coefficient (Wildman–Crippen LogP) is 7.67. The number of fused-ring (bicyclic) bond motifs is 4. The standard InChI is InChI=1S/C17H11ClN2.C10H8/c18-13-5-3-6-14(10-13)20-11-19-16-9-8-12-4-1-2-7-15(12)17(16)20;1-2-6-10-8-4-3-7-9(10)5-1/h1-11H;1-8H. The molecule has 144 valence electrons. The zero-order valence-corrected chi connectivity index (χ0v) is 17.0. The molecule has 6 aromatic rings. The van der Waals surface area contributed by atoms with Crippen molar-refractivity contribution in [3.8, 4) is 5.69 Å². The summed E-state index contributed by atoms with van der Waals surface area (Å²) in [5, 5.41) is 5.76. The van der Waals surface area contributed by atoms with Crippen LogP contribution < -0.4 is 0 Å². The van der Waals surface area contributed by atoms with Gasteiger partial charge < -0.3 is 0 Å². The van der Waals surface area contributed by atoms with Crippen molar-refractivity contribution in [1.29, 1.82) is 0 Å². The molecule has 0 amide bonds. The first-order valence-electron chi connectivity index (χ1n) is 9.84. The minimum absolute atomic E-state index is 0.726. The van der Waals surface area contributed by atoms with Crippen LogP contribution in [-0.2, 0) is 0 Å². The SMILES string of the molecule is Clc1cccc(-n2cnc3ccc4ccccc4c32)c1.c1ccc2ccccc2c1. The van der Waals surface area contributed by atoms with E-state index in [4.69, 9.17) is 11.6 Å². The van der Waals surface area contributed by atoms with Crippen LogP contribution in [0.2, 0.25) is 5.02 Å². The molecule has 0 aliphatic carbocycles. The number of imidazole rings is 1. The molecule has 0 unspecified atom stereocenters. The van der Waals surface area contributed by atoms with Gasteiger partial charge in [0.1, 0.15) is 6.33 Å². The van der Waals surface area contributed by atoms with E-state index in [1.807, 2.05) is 36.7 Å². The first kappa shape index (κ1) is 18.4. The maximum Gasteiger partial charge on any atom is 0.100 e. The Bertz CT molecular complexity index is 1400. The average Bonchev–Trinajstić information content (AvgIpc) is 3.24. The van der Waals surface area contributed by atoms with E-state index in [1.54, 1.807) is 0 Å². The Morgan fingerprint density at radius 1 is 0.600 bits per heavy atom. The predicted molar refractivity (Wildman–Crippen MR) is 128 cm³/mol. The number of hydrogen-bond acceptors (Lipinski definition) is 1. The van der Waals surface area contributed by atoms with Gasteiger partial charge in [0, 0.05) is 16.1 Å².